The molecule has 2 rings (SSSR count). The second kappa shape index (κ2) is 6.28. The van der Waals surface area contributed by atoms with Gasteiger partial charge >= 0.3 is 0 Å². The summed E-state index contributed by atoms with van der Waals surface area (Å²) in [7, 11) is 0. The lowest BCUT2D eigenvalue weighted by atomic mass is 9.95. The van der Waals surface area contributed by atoms with Crippen LogP contribution in [0.4, 0.5) is 14.5 Å². The van der Waals surface area contributed by atoms with Gasteiger partial charge in [-0.3, -0.25) is 4.79 Å². The molecule has 4 heteroatoms. The largest absolute Gasteiger partial charge is 0.323 e. The predicted molar refractivity (Wildman–Crippen MR) is 74.5 cm³/mol. The normalized spacial score (nSPS) is 11.9. The molecule has 0 heterocycles. The fourth-order valence-electron chi connectivity index (χ4n) is 2.07. The minimum Gasteiger partial charge on any atom is -0.323 e. The molecule has 2 nitrogen and oxygen atoms in total. The van der Waals surface area contributed by atoms with Gasteiger partial charge in [0.2, 0.25) is 5.91 Å². The monoisotopic (exact) mass is 275 g/mol. The molecule has 0 saturated heterocycles. The first-order chi connectivity index (χ1) is 9.61. The SMILES string of the molecule is CCC(C(=O)Nc1cc(F)ccc1F)c1ccccc1. The van der Waals surface area contributed by atoms with Crippen molar-refractivity contribution in [3.8, 4) is 0 Å². The van der Waals surface area contributed by atoms with Gasteiger partial charge in [0.15, 0.2) is 0 Å². The number of rotatable bonds is 4. The van der Waals surface area contributed by atoms with Crippen molar-refractivity contribution >= 4 is 11.6 Å². The van der Waals surface area contributed by atoms with Crippen LogP contribution in [0.1, 0.15) is 24.8 Å². The molecule has 104 valence electrons. The molecule has 0 spiro atoms. The number of anilines is 1. The average molecular weight is 275 g/mol. The van der Waals surface area contributed by atoms with E-state index in [9.17, 15) is 13.6 Å². The van der Waals surface area contributed by atoms with Crippen molar-refractivity contribution in [2.45, 2.75) is 19.3 Å². The smallest absolute Gasteiger partial charge is 0.231 e. The van der Waals surface area contributed by atoms with Gasteiger partial charge in [-0.05, 0) is 24.1 Å². The van der Waals surface area contributed by atoms with Crippen LogP contribution < -0.4 is 5.32 Å². The van der Waals surface area contributed by atoms with Gasteiger partial charge in [0.1, 0.15) is 11.6 Å². The Hall–Kier alpha value is -2.23. The Kier molecular flexibility index (Phi) is 4.45. The first kappa shape index (κ1) is 14.2. The third-order valence-electron chi connectivity index (χ3n) is 3.11. The van der Waals surface area contributed by atoms with Crippen molar-refractivity contribution in [1.29, 1.82) is 0 Å². The molecule has 0 radical (unpaired) electrons. The van der Waals surface area contributed by atoms with E-state index < -0.39 is 11.6 Å². The van der Waals surface area contributed by atoms with Crippen molar-refractivity contribution in [3.63, 3.8) is 0 Å². The molecule has 0 aliphatic heterocycles. The van der Waals surface area contributed by atoms with Crippen molar-refractivity contribution in [2.24, 2.45) is 0 Å². The Morgan fingerprint density at radius 2 is 1.85 bits per heavy atom. The van der Waals surface area contributed by atoms with Crippen LogP contribution in [-0.2, 0) is 4.79 Å². The zero-order valence-corrected chi connectivity index (χ0v) is 11.1. The Morgan fingerprint density at radius 3 is 2.50 bits per heavy atom. The highest BCUT2D eigenvalue weighted by Crippen LogP contribution is 2.23. The minimum atomic E-state index is -0.650. The van der Waals surface area contributed by atoms with Crippen LogP contribution in [0, 0.1) is 11.6 Å². The topological polar surface area (TPSA) is 29.1 Å². The van der Waals surface area contributed by atoms with Gasteiger partial charge < -0.3 is 5.32 Å². The Morgan fingerprint density at radius 1 is 1.15 bits per heavy atom. The number of carbonyl (C=O) groups excluding carboxylic acids is 1. The fraction of sp³-hybridized carbons (Fsp3) is 0.188. The lowest BCUT2D eigenvalue weighted by molar-refractivity contribution is -0.117. The molecule has 2 aromatic rings. The van der Waals surface area contributed by atoms with E-state index in [-0.39, 0.29) is 17.5 Å². The van der Waals surface area contributed by atoms with Crippen LogP contribution in [0.5, 0.6) is 0 Å². The average Bonchev–Trinajstić information content (AvgIpc) is 2.45. The molecule has 1 atom stereocenters. The molecule has 0 bridgehead atoms. The molecule has 1 N–H and O–H groups in total. The number of hydrogen-bond acceptors (Lipinski definition) is 1. The highest BCUT2D eigenvalue weighted by Gasteiger charge is 2.19. The minimum absolute atomic E-state index is 0.135. The summed E-state index contributed by atoms with van der Waals surface area (Å²) in [6.45, 7) is 1.87. The molecule has 1 unspecified atom stereocenters. The molecular formula is C16H15F2NO. The van der Waals surface area contributed by atoms with E-state index in [0.717, 1.165) is 23.8 Å². The summed E-state index contributed by atoms with van der Waals surface area (Å²) < 4.78 is 26.6. The van der Waals surface area contributed by atoms with Gasteiger partial charge in [0.25, 0.3) is 0 Å². The highest BCUT2D eigenvalue weighted by atomic mass is 19.1. The van der Waals surface area contributed by atoms with E-state index in [1.54, 1.807) is 0 Å². The highest BCUT2D eigenvalue weighted by molar-refractivity contribution is 5.95. The third kappa shape index (κ3) is 3.20. The summed E-state index contributed by atoms with van der Waals surface area (Å²) in [6, 6.07) is 12.2. The Balaban J connectivity index is 2.20. The summed E-state index contributed by atoms with van der Waals surface area (Å²) in [4.78, 5) is 12.2. The zero-order valence-electron chi connectivity index (χ0n) is 11.1. The zero-order chi connectivity index (χ0) is 14.5. The lowest BCUT2D eigenvalue weighted by Gasteiger charge is -2.15. The molecule has 0 saturated carbocycles. The maximum Gasteiger partial charge on any atom is 0.231 e. The van der Waals surface area contributed by atoms with Crippen LogP contribution in [0.3, 0.4) is 0 Å². The molecule has 0 fully saturated rings. The number of nitrogens with one attached hydrogen (secondary N) is 1. The molecular weight excluding hydrogens is 260 g/mol. The number of benzene rings is 2. The molecule has 0 aromatic heterocycles. The second-order valence-electron chi connectivity index (χ2n) is 4.48. The first-order valence-electron chi connectivity index (χ1n) is 6.42. The van der Waals surface area contributed by atoms with E-state index in [1.807, 2.05) is 37.3 Å². The van der Waals surface area contributed by atoms with Crippen molar-refractivity contribution in [3.05, 3.63) is 65.7 Å². The van der Waals surface area contributed by atoms with Gasteiger partial charge in [0.05, 0.1) is 11.6 Å². The maximum atomic E-state index is 13.5. The molecule has 0 aliphatic carbocycles. The van der Waals surface area contributed by atoms with E-state index in [2.05, 4.69) is 5.32 Å². The summed E-state index contributed by atoms with van der Waals surface area (Å²) in [5, 5.41) is 2.45. The summed E-state index contributed by atoms with van der Waals surface area (Å²) in [5.41, 5.74) is 0.716. The molecule has 20 heavy (non-hydrogen) atoms. The standard InChI is InChI=1S/C16H15F2NO/c1-2-13(11-6-4-3-5-7-11)16(20)19-15-10-12(17)8-9-14(15)18/h3-10,13H,2H2,1H3,(H,19,20). The van der Waals surface area contributed by atoms with Gasteiger partial charge in [0, 0.05) is 6.07 Å². The Bertz CT molecular complexity index is 599. The van der Waals surface area contributed by atoms with Gasteiger partial charge in [-0.25, -0.2) is 8.78 Å². The van der Waals surface area contributed by atoms with E-state index in [1.165, 1.54) is 0 Å². The predicted octanol–water partition coefficient (Wildman–Crippen LogP) is 4.10. The summed E-state index contributed by atoms with van der Waals surface area (Å²) >= 11 is 0. The van der Waals surface area contributed by atoms with Crippen molar-refractivity contribution in [2.75, 3.05) is 5.32 Å². The molecule has 0 aliphatic rings. The molecule has 1 amide bonds. The van der Waals surface area contributed by atoms with Crippen LogP contribution in [0.15, 0.2) is 48.5 Å². The van der Waals surface area contributed by atoms with Gasteiger partial charge in [-0.15, -0.1) is 0 Å². The fourth-order valence-corrected chi connectivity index (χ4v) is 2.07. The van der Waals surface area contributed by atoms with Crippen LogP contribution in [0.2, 0.25) is 0 Å². The van der Waals surface area contributed by atoms with Gasteiger partial charge in [-0.1, -0.05) is 37.3 Å². The van der Waals surface area contributed by atoms with Crippen molar-refractivity contribution in [1.82, 2.24) is 0 Å². The van der Waals surface area contributed by atoms with Crippen LogP contribution >= 0.6 is 0 Å². The van der Waals surface area contributed by atoms with Crippen LogP contribution in [-0.4, -0.2) is 5.91 Å². The summed E-state index contributed by atoms with van der Waals surface area (Å²) in [6.07, 6.45) is 0.576. The second-order valence-corrected chi connectivity index (χ2v) is 4.48. The number of halogens is 2. The lowest BCUT2D eigenvalue weighted by Crippen LogP contribution is -2.21. The third-order valence-corrected chi connectivity index (χ3v) is 3.11. The summed E-state index contributed by atoms with van der Waals surface area (Å²) in [5.74, 6) is -1.97. The molecule has 2 aromatic carbocycles. The van der Waals surface area contributed by atoms with E-state index in [4.69, 9.17) is 0 Å². The number of hydrogen-bond donors (Lipinski definition) is 1. The number of amides is 1. The number of carbonyl (C=O) groups is 1. The van der Waals surface area contributed by atoms with E-state index in [0.29, 0.717) is 6.42 Å². The quantitative estimate of drug-likeness (QED) is 0.894. The van der Waals surface area contributed by atoms with Crippen LogP contribution in [0.25, 0.3) is 0 Å². The Labute approximate surface area is 116 Å². The maximum absolute atomic E-state index is 13.5. The van der Waals surface area contributed by atoms with Gasteiger partial charge in [-0.2, -0.15) is 0 Å². The van der Waals surface area contributed by atoms with Crippen molar-refractivity contribution < 1.29 is 13.6 Å². The first-order valence-corrected chi connectivity index (χ1v) is 6.42. The van der Waals surface area contributed by atoms with E-state index >= 15 is 0 Å².